The maximum Gasteiger partial charge on any atom is 0.124 e. The van der Waals surface area contributed by atoms with E-state index < -0.39 is 0 Å². The molecule has 1 aliphatic heterocycles. The second-order valence-corrected chi connectivity index (χ2v) is 8.23. The lowest BCUT2D eigenvalue weighted by Gasteiger charge is -2.35. The van der Waals surface area contributed by atoms with Crippen LogP contribution in [0.15, 0.2) is 54.6 Å². The largest absolute Gasteiger partial charge is 0.322 e. The Morgan fingerprint density at radius 1 is 0.800 bits per heavy atom. The van der Waals surface area contributed by atoms with E-state index in [9.17, 15) is 0 Å². The van der Waals surface area contributed by atoms with Crippen LogP contribution in [0.5, 0.6) is 0 Å². The third kappa shape index (κ3) is 5.09. The summed E-state index contributed by atoms with van der Waals surface area (Å²) in [4.78, 5) is 12.7. The monoisotopic (exact) mass is 405 g/mol. The Bertz CT molecular complexity index is 908. The number of fused-ring (bicyclic) bond motifs is 1. The van der Waals surface area contributed by atoms with Gasteiger partial charge in [-0.15, -0.1) is 0 Å². The standard InChI is InChI=1S/C25H35N5/c1-3-27(4-2)14-15-28-16-18-29(19-17-28)21-25-26-23-12-8-9-13-24(23)30(25)20-22-10-6-5-7-11-22/h5-13H,3-4,14-21H2,1-2H3. The Balaban J connectivity index is 1.41. The predicted molar refractivity (Wildman–Crippen MR) is 125 cm³/mol. The van der Waals surface area contributed by atoms with Crippen LogP contribution in [0, 0.1) is 0 Å². The summed E-state index contributed by atoms with van der Waals surface area (Å²) in [6.45, 7) is 15.5. The number of nitrogens with zero attached hydrogens (tertiary/aromatic N) is 5. The molecule has 0 saturated carbocycles. The van der Waals surface area contributed by atoms with Gasteiger partial charge in [-0.25, -0.2) is 4.98 Å². The summed E-state index contributed by atoms with van der Waals surface area (Å²) in [7, 11) is 0. The van der Waals surface area contributed by atoms with Gasteiger partial charge < -0.3 is 9.47 Å². The van der Waals surface area contributed by atoms with E-state index in [-0.39, 0.29) is 0 Å². The van der Waals surface area contributed by atoms with Crippen molar-refractivity contribution in [1.82, 2.24) is 24.3 Å². The van der Waals surface area contributed by atoms with Crippen molar-refractivity contribution in [3.05, 3.63) is 66.0 Å². The van der Waals surface area contributed by atoms with Crippen LogP contribution in [0.3, 0.4) is 0 Å². The second kappa shape index (κ2) is 10.2. The molecule has 0 bridgehead atoms. The van der Waals surface area contributed by atoms with E-state index in [1.807, 2.05) is 0 Å². The molecule has 0 aliphatic carbocycles. The van der Waals surface area contributed by atoms with Crippen molar-refractivity contribution in [3.63, 3.8) is 0 Å². The third-order valence-corrected chi connectivity index (χ3v) is 6.37. The number of likely N-dealkylation sites (N-methyl/N-ethyl adjacent to an activating group) is 1. The van der Waals surface area contributed by atoms with E-state index in [2.05, 4.69) is 87.7 Å². The number of imidazole rings is 1. The van der Waals surface area contributed by atoms with Crippen molar-refractivity contribution in [1.29, 1.82) is 0 Å². The number of benzene rings is 2. The Morgan fingerprint density at radius 3 is 2.20 bits per heavy atom. The molecule has 2 aromatic carbocycles. The van der Waals surface area contributed by atoms with Crippen LogP contribution < -0.4 is 0 Å². The summed E-state index contributed by atoms with van der Waals surface area (Å²) in [6.07, 6.45) is 0. The van der Waals surface area contributed by atoms with Gasteiger partial charge in [-0.2, -0.15) is 0 Å². The molecule has 0 atom stereocenters. The molecule has 160 valence electrons. The van der Waals surface area contributed by atoms with Gasteiger partial charge >= 0.3 is 0 Å². The molecule has 0 unspecified atom stereocenters. The fourth-order valence-electron chi connectivity index (χ4n) is 4.38. The molecule has 3 aromatic rings. The maximum atomic E-state index is 5.00. The minimum absolute atomic E-state index is 0.876. The van der Waals surface area contributed by atoms with Crippen molar-refractivity contribution in [2.24, 2.45) is 0 Å². The Hall–Kier alpha value is -2.21. The SMILES string of the molecule is CCN(CC)CCN1CCN(Cc2nc3ccccc3n2Cc2ccccc2)CC1. The molecular formula is C25H35N5. The Kier molecular flexibility index (Phi) is 7.16. The van der Waals surface area contributed by atoms with E-state index in [1.165, 1.54) is 30.0 Å². The summed E-state index contributed by atoms with van der Waals surface area (Å²) >= 11 is 0. The van der Waals surface area contributed by atoms with Gasteiger partial charge in [0.15, 0.2) is 0 Å². The average Bonchev–Trinajstić information content (AvgIpc) is 3.13. The van der Waals surface area contributed by atoms with Gasteiger partial charge in [0.2, 0.25) is 0 Å². The summed E-state index contributed by atoms with van der Waals surface area (Å²) in [6, 6.07) is 19.2. The summed E-state index contributed by atoms with van der Waals surface area (Å²) in [5.74, 6) is 1.18. The molecule has 0 radical (unpaired) electrons. The van der Waals surface area contributed by atoms with Crippen LogP contribution in [-0.4, -0.2) is 76.6 Å². The smallest absolute Gasteiger partial charge is 0.124 e. The van der Waals surface area contributed by atoms with Crippen LogP contribution in [0.2, 0.25) is 0 Å². The van der Waals surface area contributed by atoms with Gasteiger partial charge in [0.05, 0.1) is 17.6 Å². The zero-order valence-electron chi connectivity index (χ0n) is 18.5. The molecule has 2 heterocycles. The number of aromatic nitrogens is 2. The highest BCUT2D eigenvalue weighted by Crippen LogP contribution is 2.20. The van der Waals surface area contributed by atoms with Gasteiger partial charge in [-0.1, -0.05) is 56.3 Å². The van der Waals surface area contributed by atoms with Gasteiger partial charge in [-0.3, -0.25) is 9.80 Å². The van der Waals surface area contributed by atoms with Crippen LogP contribution in [0.25, 0.3) is 11.0 Å². The van der Waals surface area contributed by atoms with E-state index in [1.54, 1.807) is 0 Å². The lowest BCUT2D eigenvalue weighted by Crippen LogP contribution is -2.48. The second-order valence-electron chi connectivity index (χ2n) is 8.23. The number of hydrogen-bond acceptors (Lipinski definition) is 4. The summed E-state index contributed by atoms with van der Waals surface area (Å²) in [5.41, 5.74) is 3.65. The molecule has 0 spiro atoms. The molecule has 1 fully saturated rings. The van der Waals surface area contributed by atoms with Crippen molar-refractivity contribution < 1.29 is 0 Å². The van der Waals surface area contributed by atoms with Gasteiger partial charge in [0.1, 0.15) is 5.82 Å². The van der Waals surface area contributed by atoms with Crippen molar-refractivity contribution in [2.45, 2.75) is 26.9 Å². The Morgan fingerprint density at radius 2 is 1.47 bits per heavy atom. The van der Waals surface area contributed by atoms with Crippen molar-refractivity contribution in [2.75, 3.05) is 52.4 Å². The van der Waals surface area contributed by atoms with Crippen molar-refractivity contribution in [3.8, 4) is 0 Å². The lowest BCUT2D eigenvalue weighted by molar-refractivity contribution is 0.113. The number of para-hydroxylation sites is 2. The average molecular weight is 406 g/mol. The molecule has 0 N–H and O–H groups in total. The summed E-state index contributed by atoms with van der Waals surface area (Å²) < 4.78 is 2.40. The number of hydrogen-bond donors (Lipinski definition) is 0. The quantitative estimate of drug-likeness (QED) is 0.544. The molecular weight excluding hydrogens is 370 g/mol. The van der Waals surface area contributed by atoms with E-state index in [0.29, 0.717) is 0 Å². The van der Waals surface area contributed by atoms with Crippen LogP contribution in [-0.2, 0) is 13.1 Å². The highest BCUT2D eigenvalue weighted by Gasteiger charge is 2.20. The van der Waals surface area contributed by atoms with E-state index >= 15 is 0 Å². The van der Waals surface area contributed by atoms with Crippen molar-refractivity contribution >= 4 is 11.0 Å². The molecule has 0 amide bonds. The number of piperazine rings is 1. The zero-order valence-corrected chi connectivity index (χ0v) is 18.5. The van der Waals surface area contributed by atoms with Crippen LogP contribution >= 0.6 is 0 Å². The fraction of sp³-hybridized carbons (Fsp3) is 0.480. The first-order valence-electron chi connectivity index (χ1n) is 11.4. The van der Waals surface area contributed by atoms with Crippen LogP contribution in [0.4, 0.5) is 0 Å². The third-order valence-electron chi connectivity index (χ3n) is 6.37. The normalized spacial score (nSPS) is 16.0. The van der Waals surface area contributed by atoms with Crippen LogP contribution in [0.1, 0.15) is 25.2 Å². The summed E-state index contributed by atoms with van der Waals surface area (Å²) in [5, 5.41) is 0. The van der Waals surface area contributed by atoms with E-state index in [0.717, 1.165) is 57.9 Å². The molecule has 1 aliphatic rings. The maximum absolute atomic E-state index is 5.00. The van der Waals surface area contributed by atoms with Gasteiger partial charge in [0.25, 0.3) is 0 Å². The minimum atomic E-state index is 0.876. The highest BCUT2D eigenvalue weighted by molar-refractivity contribution is 5.76. The highest BCUT2D eigenvalue weighted by atomic mass is 15.3. The Labute approximate surface area is 180 Å². The number of rotatable bonds is 9. The topological polar surface area (TPSA) is 27.5 Å². The van der Waals surface area contributed by atoms with E-state index in [4.69, 9.17) is 4.98 Å². The predicted octanol–water partition coefficient (Wildman–Crippen LogP) is 3.54. The first kappa shape index (κ1) is 21.0. The van der Waals surface area contributed by atoms with Gasteiger partial charge in [-0.05, 0) is 30.8 Å². The zero-order chi connectivity index (χ0) is 20.8. The molecule has 5 nitrogen and oxygen atoms in total. The molecule has 30 heavy (non-hydrogen) atoms. The fourth-order valence-corrected chi connectivity index (χ4v) is 4.38. The molecule has 1 saturated heterocycles. The molecule has 1 aromatic heterocycles. The first-order valence-corrected chi connectivity index (χ1v) is 11.4. The lowest BCUT2D eigenvalue weighted by atomic mass is 10.2. The minimum Gasteiger partial charge on any atom is -0.322 e. The molecule has 5 heteroatoms. The molecule has 4 rings (SSSR count). The first-order chi connectivity index (χ1) is 14.8. The van der Waals surface area contributed by atoms with Gasteiger partial charge in [0, 0.05) is 45.8 Å².